The average Bonchev–Trinajstić information content (AvgIpc) is 2.37. The van der Waals surface area contributed by atoms with Crippen molar-refractivity contribution in [2.24, 2.45) is 0 Å². The lowest BCUT2D eigenvalue weighted by Crippen LogP contribution is -2.24. The topological polar surface area (TPSA) is 67.8 Å². The Morgan fingerprint density at radius 2 is 2.17 bits per heavy atom. The van der Waals surface area contributed by atoms with Crippen LogP contribution >= 0.6 is 15.9 Å². The number of nitrogens with one attached hydrogen (secondary N) is 1. The predicted molar refractivity (Wildman–Crippen MR) is 69.9 cm³/mol. The van der Waals surface area contributed by atoms with Gasteiger partial charge in [-0.05, 0) is 41.1 Å². The standard InChI is InChI=1S/C12H11BrN4O/c1-8-14-6-4-9(17-8)7-16-12(18)11-10(13)3-2-5-15-11/h2-6H,7H2,1H3,(H,16,18). The highest BCUT2D eigenvalue weighted by molar-refractivity contribution is 9.10. The van der Waals surface area contributed by atoms with Gasteiger partial charge >= 0.3 is 0 Å². The molecular weight excluding hydrogens is 296 g/mol. The molecular formula is C12H11BrN4O. The summed E-state index contributed by atoms with van der Waals surface area (Å²) in [4.78, 5) is 24.1. The van der Waals surface area contributed by atoms with Crippen molar-refractivity contribution in [2.75, 3.05) is 0 Å². The summed E-state index contributed by atoms with van der Waals surface area (Å²) in [5, 5.41) is 2.76. The normalized spacial score (nSPS) is 10.1. The number of rotatable bonds is 3. The molecule has 0 saturated heterocycles. The lowest BCUT2D eigenvalue weighted by Gasteiger charge is -2.05. The summed E-state index contributed by atoms with van der Waals surface area (Å²) >= 11 is 3.29. The molecule has 0 radical (unpaired) electrons. The zero-order chi connectivity index (χ0) is 13.0. The molecule has 0 bridgehead atoms. The highest BCUT2D eigenvalue weighted by Gasteiger charge is 2.10. The molecule has 0 atom stereocenters. The van der Waals surface area contributed by atoms with Gasteiger partial charge in [0.15, 0.2) is 0 Å². The smallest absolute Gasteiger partial charge is 0.271 e. The van der Waals surface area contributed by atoms with Gasteiger partial charge in [-0.2, -0.15) is 0 Å². The van der Waals surface area contributed by atoms with Gasteiger partial charge in [0.25, 0.3) is 5.91 Å². The molecule has 2 heterocycles. The van der Waals surface area contributed by atoms with E-state index in [1.165, 1.54) is 0 Å². The van der Waals surface area contributed by atoms with E-state index in [1.807, 2.05) is 0 Å². The van der Waals surface area contributed by atoms with Crippen LogP contribution in [0, 0.1) is 6.92 Å². The van der Waals surface area contributed by atoms with Crippen molar-refractivity contribution >= 4 is 21.8 Å². The van der Waals surface area contributed by atoms with Crippen LogP contribution < -0.4 is 5.32 Å². The van der Waals surface area contributed by atoms with E-state index in [0.29, 0.717) is 22.5 Å². The zero-order valence-corrected chi connectivity index (χ0v) is 11.3. The van der Waals surface area contributed by atoms with Crippen LogP contribution in [0.4, 0.5) is 0 Å². The number of aromatic nitrogens is 3. The number of amides is 1. The Bertz CT molecular complexity index is 574. The number of carbonyl (C=O) groups is 1. The lowest BCUT2D eigenvalue weighted by atomic mass is 10.3. The van der Waals surface area contributed by atoms with E-state index >= 15 is 0 Å². The molecule has 0 aliphatic heterocycles. The molecule has 0 aliphatic rings. The zero-order valence-electron chi connectivity index (χ0n) is 9.72. The SMILES string of the molecule is Cc1nccc(CNC(=O)c2ncccc2Br)n1. The first-order valence-electron chi connectivity index (χ1n) is 5.34. The van der Waals surface area contributed by atoms with E-state index in [-0.39, 0.29) is 5.91 Å². The van der Waals surface area contributed by atoms with Gasteiger partial charge in [0.1, 0.15) is 11.5 Å². The van der Waals surface area contributed by atoms with Crippen LogP contribution in [-0.4, -0.2) is 20.9 Å². The Morgan fingerprint density at radius 3 is 2.89 bits per heavy atom. The van der Waals surface area contributed by atoms with Crippen LogP contribution in [0.1, 0.15) is 22.0 Å². The molecule has 92 valence electrons. The van der Waals surface area contributed by atoms with E-state index in [9.17, 15) is 4.79 Å². The molecule has 0 fully saturated rings. The number of hydrogen-bond acceptors (Lipinski definition) is 4. The molecule has 0 saturated carbocycles. The molecule has 18 heavy (non-hydrogen) atoms. The monoisotopic (exact) mass is 306 g/mol. The third-order valence-corrected chi connectivity index (χ3v) is 2.88. The molecule has 1 N–H and O–H groups in total. The van der Waals surface area contributed by atoms with Crippen molar-refractivity contribution in [2.45, 2.75) is 13.5 Å². The largest absolute Gasteiger partial charge is 0.345 e. The van der Waals surface area contributed by atoms with Crippen molar-refractivity contribution < 1.29 is 4.79 Å². The number of nitrogens with zero attached hydrogens (tertiary/aromatic N) is 3. The van der Waals surface area contributed by atoms with Crippen molar-refractivity contribution in [3.05, 3.63) is 52.3 Å². The minimum Gasteiger partial charge on any atom is -0.345 e. The number of aryl methyl sites for hydroxylation is 1. The van der Waals surface area contributed by atoms with Crippen molar-refractivity contribution in [1.29, 1.82) is 0 Å². The minimum absolute atomic E-state index is 0.237. The van der Waals surface area contributed by atoms with E-state index in [2.05, 4.69) is 36.2 Å². The maximum atomic E-state index is 11.9. The van der Waals surface area contributed by atoms with Crippen molar-refractivity contribution in [3.8, 4) is 0 Å². The van der Waals surface area contributed by atoms with Gasteiger partial charge in [0.2, 0.25) is 0 Å². The fourth-order valence-electron chi connectivity index (χ4n) is 1.41. The Morgan fingerprint density at radius 1 is 1.33 bits per heavy atom. The van der Waals surface area contributed by atoms with Crippen LogP contribution in [0.5, 0.6) is 0 Å². The average molecular weight is 307 g/mol. The molecule has 6 heteroatoms. The molecule has 0 aromatic carbocycles. The van der Waals surface area contributed by atoms with Gasteiger partial charge in [-0.3, -0.25) is 4.79 Å². The Hall–Kier alpha value is -1.82. The van der Waals surface area contributed by atoms with Gasteiger partial charge in [-0.25, -0.2) is 15.0 Å². The second kappa shape index (κ2) is 5.68. The molecule has 2 rings (SSSR count). The third kappa shape index (κ3) is 3.10. The summed E-state index contributed by atoms with van der Waals surface area (Å²) < 4.78 is 0.668. The van der Waals surface area contributed by atoms with Gasteiger partial charge in [0, 0.05) is 16.9 Å². The van der Waals surface area contributed by atoms with Crippen LogP contribution in [0.3, 0.4) is 0 Å². The summed E-state index contributed by atoms with van der Waals surface area (Å²) in [6, 6.07) is 5.30. The molecule has 0 unspecified atom stereocenters. The maximum absolute atomic E-state index is 11.9. The Kier molecular flexibility index (Phi) is 3.99. The molecule has 2 aromatic heterocycles. The molecule has 2 aromatic rings. The highest BCUT2D eigenvalue weighted by atomic mass is 79.9. The summed E-state index contributed by atoms with van der Waals surface area (Å²) in [6.45, 7) is 2.16. The van der Waals surface area contributed by atoms with Crippen molar-refractivity contribution in [1.82, 2.24) is 20.3 Å². The van der Waals surface area contributed by atoms with Crippen LogP contribution in [0.2, 0.25) is 0 Å². The second-order valence-electron chi connectivity index (χ2n) is 3.61. The first kappa shape index (κ1) is 12.6. The van der Waals surface area contributed by atoms with E-state index in [1.54, 1.807) is 37.5 Å². The molecule has 5 nitrogen and oxygen atoms in total. The quantitative estimate of drug-likeness (QED) is 0.940. The van der Waals surface area contributed by atoms with Crippen LogP contribution in [0.25, 0.3) is 0 Å². The number of hydrogen-bond donors (Lipinski definition) is 1. The van der Waals surface area contributed by atoms with Gasteiger partial charge in [-0.15, -0.1) is 0 Å². The van der Waals surface area contributed by atoms with Gasteiger partial charge < -0.3 is 5.32 Å². The molecule has 0 aliphatic carbocycles. The fourth-order valence-corrected chi connectivity index (χ4v) is 1.85. The predicted octanol–water partition coefficient (Wildman–Crippen LogP) is 1.87. The number of halogens is 1. The number of pyridine rings is 1. The van der Waals surface area contributed by atoms with E-state index < -0.39 is 0 Å². The molecule has 1 amide bonds. The van der Waals surface area contributed by atoms with Crippen LogP contribution in [0.15, 0.2) is 35.1 Å². The lowest BCUT2D eigenvalue weighted by molar-refractivity contribution is 0.0944. The van der Waals surface area contributed by atoms with Gasteiger partial charge in [-0.1, -0.05) is 0 Å². The number of carbonyl (C=O) groups excluding carboxylic acids is 1. The first-order valence-corrected chi connectivity index (χ1v) is 6.13. The Labute approximate surface area is 113 Å². The summed E-state index contributed by atoms with van der Waals surface area (Å²) in [5.41, 5.74) is 1.13. The summed E-state index contributed by atoms with van der Waals surface area (Å²) in [5.74, 6) is 0.444. The third-order valence-electron chi connectivity index (χ3n) is 2.24. The summed E-state index contributed by atoms with van der Waals surface area (Å²) in [7, 11) is 0. The highest BCUT2D eigenvalue weighted by Crippen LogP contribution is 2.12. The molecule has 0 spiro atoms. The van der Waals surface area contributed by atoms with Crippen molar-refractivity contribution in [3.63, 3.8) is 0 Å². The van der Waals surface area contributed by atoms with Crippen LogP contribution in [-0.2, 0) is 6.54 Å². The minimum atomic E-state index is -0.237. The maximum Gasteiger partial charge on any atom is 0.271 e. The Balaban J connectivity index is 2.03. The second-order valence-corrected chi connectivity index (χ2v) is 4.47. The van der Waals surface area contributed by atoms with E-state index in [0.717, 1.165) is 5.69 Å². The first-order chi connectivity index (χ1) is 8.66. The van der Waals surface area contributed by atoms with Gasteiger partial charge in [0.05, 0.1) is 12.2 Å². The fraction of sp³-hybridized carbons (Fsp3) is 0.167. The summed E-state index contributed by atoms with van der Waals surface area (Å²) in [6.07, 6.45) is 3.25. The van der Waals surface area contributed by atoms with E-state index in [4.69, 9.17) is 0 Å².